The SMILES string of the molecule is Cc1ccc(CNC(=O)c2ccccc2NC(=O)CCCNC(=O)c2ccc(F)cc2F)cc1. The second-order valence-electron chi connectivity index (χ2n) is 7.75. The predicted molar refractivity (Wildman–Crippen MR) is 125 cm³/mol. The van der Waals surface area contributed by atoms with Crippen LogP contribution in [0, 0.1) is 18.6 Å². The Balaban J connectivity index is 1.47. The van der Waals surface area contributed by atoms with E-state index in [1.165, 1.54) is 0 Å². The molecule has 0 aliphatic rings. The Morgan fingerprint density at radius 2 is 1.53 bits per heavy atom. The van der Waals surface area contributed by atoms with Gasteiger partial charge in [0, 0.05) is 25.6 Å². The van der Waals surface area contributed by atoms with Crippen LogP contribution in [0.15, 0.2) is 66.7 Å². The minimum Gasteiger partial charge on any atom is -0.352 e. The van der Waals surface area contributed by atoms with Gasteiger partial charge in [0.1, 0.15) is 11.6 Å². The van der Waals surface area contributed by atoms with Gasteiger partial charge in [-0.05, 0) is 43.2 Å². The van der Waals surface area contributed by atoms with Gasteiger partial charge in [-0.15, -0.1) is 0 Å². The first-order chi connectivity index (χ1) is 16.3. The van der Waals surface area contributed by atoms with Crippen LogP contribution in [0.1, 0.15) is 44.7 Å². The van der Waals surface area contributed by atoms with Crippen LogP contribution in [0.3, 0.4) is 0 Å². The zero-order valence-electron chi connectivity index (χ0n) is 18.7. The Morgan fingerprint density at radius 3 is 2.26 bits per heavy atom. The van der Waals surface area contributed by atoms with Gasteiger partial charge in [-0.25, -0.2) is 8.78 Å². The predicted octanol–water partition coefficient (Wildman–Crippen LogP) is 4.35. The van der Waals surface area contributed by atoms with E-state index in [9.17, 15) is 23.2 Å². The first-order valence-corrected chi connectivity index (χ1v) is 10.8. The third kappa shape index (κ3) is 6.96. The largest absolute Gasteiger partial charge is 0.352 e. The van der Waals surface area contributed by atoms with Crippen molar-refractivity contribution in [2.45, 2.75) is 26.3 Å². The van der Waals surface area contributed by atoms with E-state index in [2.05, 4.69) is 16.0 Å². The maximum atomic E-state index is 13.7. The van der Waals surface area contributed by atoms with E-state index in [1.54, 1.807) is 24.3 Å². The van der Waals surface area contributed by atoms with Crippen molar-refractivity contribution in [3.05, 3.63) is 101 Å². The van der Waals surface area contributed by atoms with E-state index in [1.807, 2.05) is 31.2 Å². The number of hydrogen-bond donors (Lipinski definition) is 3. The smallest absolute Gasteiger partial charge is 0.254 e. The summed E-state index contributed by atoms with van der Waals surface area (Å²) in [6.45, 7) is 2.47. The molecule has 0 spiro atoms. The molecule has 8 heteroatoms. The normalized spacial score (nSPS) is 10.4. The van der Waals surface area contributed by atoms with Crippen LogP contribution in [0.25, 0.3) is 0 Å². The van der Waals surface area contributed by atoms with Gasteiger partial charge in [0.2, 0.25) is 5.91 Å². The Kier molecular flexibility index (Phi) is 8.45. The minimum absolute atomic E-state index is 0.0749. The number of carbonyl (C=O) groups is 3. The molecule has 0 heterocycles. The van der Waals surface area contributed by atoms with Crippen LogP contribution in [0.2, 0.25) is 0 Å². The quantitative estimate of drug-likeness (QED) is 0.411. The summed E-state index contributed by atoms with van der Waals surface area (Å²) in [6.07, 6.45) is 0.369. The van der Waals surface area contributed by atoms with E-state index >= 15 is 0 Å². The van der Waals surface area contributed by atoms with Crippen molar-refractivity contribution >= 4 is 23.4 Å². The lowest BCUT2D eigenvalue weighted by molar-refractivity contribution is -0.116. The highest BCUT2D eigenvalue weighted by Crippen LogP contribution is 2.16. The Hall–Kier alpha value is -4.07. The minimum atomic E-state index is -0.951. The fourth-order valence-corrected chi connectivity index (χ4v) is 3.21. The van der Waals surface area contributed by atoms with Crippen LogP contribution in [0.4, 0.5) is 14.5 Å². The zero-order valence-corrected chi connectivity index (χ0v) is 18.7. The lowest BCUT2D eigenvalue weighted by atomic mass is 10.1. The second kappa shape index (κ2) is 11.7. The number of amides is 3. The molecule has 0 saturated carbocycles. The number of benzene rings is 3. The maximum absolute atomic E-state index is 13.7. The lowest BCUT2D eigenvalue weighted by Crippen LogP contribution is -2.27. The molecule has 176 valence electrons. The molecular formula is C26H25F2N3O3. The zero-order chi connectivity index (χ0) is 24.5. The highest BCUT2D eigenvalue weighted by Gasteiger charge is 2.14. The van der Waals surface area contributed by atoms with Crippen molar-refractivity contribution in [1.82, 2.24) is 10.6 Å². The molecule has 3 aromatic rings. The lowest BCUT2D eigenvalue weighted by Gasteiger charge is -2.12. The van der Waals surface area contributed by atoms with Gasteiger partial charge in [-0.2, -0.15) is 0 Å². The van der Waals surface area contributed by atoms with Crippen LogP contribution < -0.4 is 16.0 Å². The second-order valence-corrected chi connectivity index (χ2v) is 7.75. The Labute approximate surface area is 196 Å². The summed E-state index contributed by atoms with van der Waals surface area (Å²) >= 11 is 0. The number of anilines is 1. The van der Waals surface area contributed by atoms with Gasteiger partial charge < -0.3 is 16.0 Å². The van der Waals surface area contributed by atoms with Crippen molar-refractivity contribution in [1.29, 1.82) is 0 Å². The number of hydrogen-bond acceptors (Lipinski definition) is 3. The molecule has 3 rings (SSSR count). The first kappa shape index (κ1) is 24.6. The summed E-state index contributed by atoms with van der Waals surface area (Å²) < 4.78 is 26.6. The monoisotopic (exact) mass is 465 g/mol. The summed E-state index contributed by atoms with van der Waals surface area (Å²) in [5.41, 5.74) is 2.54. The molecule has 0 aliphatic carbocycles. The van der Waals surface area contributed by atoms with Crippen molar-refractivity contribution < 1.29 is 23.2 Å². The standard InChI is InChI=1S/C26H25F2N3O3/c1-17-8-10-18(11-9-17)16-30-26(34)21-5-2-3-6-23(21)31-24(32)7-4-14-29-25(33)20-13-12-19(27)15-22(20)28/h2-3,5-6,8-13,15H,4,7,14,16H2,1H3,(H,29,33)(H,30,34)(H,31,32). The molecule has 3 amide bonds. The summed E-state index contributed by atoms with van der Waals surface area (Å²) in [7, 11) is 0. The summed E-state index contributed by atoms with van der Waals surface area (Å²) in [5, 5.41) is 8.06. The van der Waals surface area contributed by atoms with E-state index in [0.717, 1.165) is 23.3 Å². The first-order valence-electron chi connectivity index (χ1n) is 10.8. The molecule has 34 heavy (non-hydrogen) atoms. The van der Waals surface area contributed by atoms with Gasteiger partial charge in [-0.1, -0.05) is 42.0 Å². The number of nitrogens with one attached hydrogen (secondary N) is 3. The molecule has 3 N–H and O–H groups in total. The van der Waals surface area contributed by atoms with Gasteiger partial charge in [0.15, 0.2) is 0 Å². The maximum Gasteiger partial charge on any atom is 0.254 e. The summed E-state index contributed by atoms with van der Waals surface area (Å²) in [6, 6.07) is 17.2. The van der Waals surface area contributed by atoms with Crippen molar-refractivity contribution in [3.63, 3.8) is 0 Å². The number of para-hydroxylation sites is 1. The molecule has 0 bridgehead atoms. The third-order valence-electron chi connectivity index (χ3n) is 5.06. The highest BCUT2D eigenvalue weighted by molar-refractivity contribution is 6.03. The molecule has 3 aromatic carbocycles. The van der Waals surface area contributed by atoms with Gasteiger partial charge in [0.05, 0.1) is 16.8 Å². The van der Waals surface area contributed by atoms with E-state index < -0.39 is 17.5 Å². The fourth-order valence-electron chi connectivity index (χ4n) is 3.21. The molecule has 0 unspecified atom stereocenters. The Bertz CT molecular complexity index is 1180. The molecule has 0 aliphatic heterocycles. The summed E-state index contributed by atoms with van der Waals surface area (Å²) in [4.78, 5) is 37.0. The third-order valence-corrected chi connectivity index (χ3v) is 5.06. The number of carbonyl (C=O) groups excluding carboxylic acids is 3. The van der Waals surface area contributed by atoms with Gasteiger partial charge in [0.25, 0.3) is 11.8 Å². The van der Waals surface area contributed by atoms with E-state index in [4.69, 9.17) is 0 Å². The van der Waals surface area contributed by atoms with E-state index in [-0.39, 0.29) is 30.3 Å². The number of aryl methyl sites for hydroxylation is 1. The fraction of sp³-hybridized carbons (Fsp3) is 0.192. The molecule has 0 saturated heterocycles. The Morgan fingerprint density at radius 1 is 0.824 bits per heavy atom. The van der Waals surface area contributed by atoms with Crippen LogP contribution in [0.5, 0.6) is 0 Å². The molecule has 0 atom stereocenters. The highest BCUT2D eigenvalue weighted by atomic mass is 19.1. The topological polar surface area (TPSA) is 87.3 Å². The number of halogens is 2. The van der Waals surface area contributed by atoms with Gasteiger partial charge >= 0.3 is 0 Å². The van der Waals surface area contributed by atoms with Crippen LogP contribution >= 0.6 is 0 Å². The van der Waals surface area contributed by atoms with E-state index in [0.29, 0.717) is 30.3 Å². The van der Waals surface area contributed by atoms with Crippen molar-refractivity contribution in [2.24, 2.45) is 0 Å². The van der Waals surface area contributed by atoms with Crippen molar-refractivity contribution in [2.75, 3.05) is 11.9 Å². The van der Waals surface area contributed by atoms with Crippen molar-refractivity contribution in [3.8, 4) is 0 Å². The summed E-state index contributed by atoms with van der Waals surface area (Å²) in [5.74, 6) is -3.05. The molecule has 0 fully saturated rings. The molecule has 0 aromatic heterocycles. The van der Waals surface area contributed by atoms with Crippen LogP contribution in [-0.4, -0.2) is 24.3 Å². The number of rotatable bonds is 9. The average molecular weight is 466 g/mol. The van der Waals surface area contributed by atoms with Gasteiger partial charge in [-0.3, -0.25) is 14.4 Å². The molecule has 6 nitrogen and oxygen atoms in total. The molecule has 0 radical (unpaired) electrons. The average Bonchev–Trinajstić information content (AvgIpc) is 2.81. The van der Waals surface area contributed by atoms with Crippen LogP contribution in [-0.2, 0) is 11.3 Å². The molecular weight excluding hydrogens is 440 g/mol.